The van der Waals surface area contributed by atoms with Gasteiger partial charge in [0.1, 0.15) is 17.1 Å². The molecule has 1 saturated heterocycles. The fourth-order valence-electron chi connectivity index (χ4n) is 3.04. The quantitative estimate of drug-likeness (QED) is 0.409. The van der Waals surface area contributed by atoms with Crippen LogP contribution in [0.15, 0.2) is 42.0 Å². The predicted octanol–water partition coefficient (Wildman–Crippen LogP) is 4.28. The first-order chi connectivity index (χ1) is 14.4. The molecule has 1 aliphatic rings. The highest BCUT2D eigenvalue weighted by Gasteiger charge is 2.35. The molecule has 2 aromatic carbocycles. The van der Waals surface area contributed by atoms with Crippen molar-refractivity contribution in [3.05, 3.63) is 58.1 Å². The van der Waals surface area contributed by atoms with Gasteiger partial charge in [-0.3, -0.25) is 19.8 Å². The minimum absolute atomic E-state index is 0.00393. The third kappa shape index (κ3) is 4.32. The third-order valence-corrected chi connectivity index (χ3v) is 5.17. The van der Waals surface area contributed by atoms with Crippen LogP contribution in [0.3, 0.4) is 0 Å². The van der Waals surface area contributed by atoms with Crippen LogP contribution in [0.2, 0.25) is 5.02 Å². The summed E-state index contributed by atoms with van der Waals surface area (Å²) in [6.45, 7) is 6.45. The number of nitrogens with zero attached hydrogens (tertiary/aromatic N) is 1. The molecule has 1 N–H and O–H groups in total. The molecule has 30 heavy (non-hydrogen) atoms. The number of hydrogen-bond acceptors (Lipinski definition) is 5. The molecule has 8 heteroatoms. The first-order valence-electron chi connectivity index (χ1n) is 9.43. The number of rotatable bonds is 6. The summed E-state index contributed by atoms with van der Waals surface area (Å²) in [4.78, 5) is 27.1. The van der Waals surface area contributed by atoms with Gasteiger partial charge in [0.2, 0.25) is 0 Å². The Balaban J connectivity index is 2.06. The molecule has 6 nitrogen and oxygen atoms in total. The summed E-state index contributed by atoms with van der Waals surface area (Å²) in [5, 5.41) is 3.08. The van der Waals surface area contributed by atoms with Crippen LogP contribution in [0.5, 0.6) is 11.5 Å². The van der Waals surface area contributed by atoms with E-state index in [1.807, 2.05) is 13.8 Å². The number of anilines is 1. The van der Waals surface area contributed by atoms with E-state index in [0.717, 1.165) is 0 Å². The third-order valence-electron chi connectivity index (χ3n) is 4.48. The van der Waals surface area contributed by atoms with Crippen molar-refractivity contribution in [2.75, 3.05) is 18.1 Å². The van der Waals surface area contributed by atoms with Gasteiger partial charge < -0.3 is 9.47 Å². The second-order valence-corrected chi connectivity index (χ2v) is 7.20. The number of thiocarbonyl (C=S) groups is 1. The molecule has 3 rings (SSSR count). The van der Waals surface area contributed by atoms with Crippen LogP contribution in [-0.4, -0.2) is 30.1 Å². The molecule has 0 unspecified atom stereocenters. The first-order valence-corrected chi connectivity index (χ1v) is 10.2. The van der Waals surface area contributed by atoms with Gasteiger partial charge in [0, 0.05) is 16.7 Å². The highest BCUT2D eigenvalue weighted by molar-refractivity contribution is 7.80. The number of benzene rings is 2. The summed E-state index contributed by atoms with van der Waals surface area (Å²) in [6, 6.07) is 10.4. The van der Waals surface area contributed by atoms with E-state index in [-0.39, 0.29) is 10.7 Å². The normalized spacial score (nSPS) is 15.4. The van der Waals surface area contributed by atoms with Crippen molar-refractivity contribution < 1.29 is 19.1 Å². The highest BCUT2D eigenvalue weighted by Crippen LogP contribution is 2.31. The molecule has 1 aliphatic heterocycles. The second kappa shape index (κ2) is 9.28. The standard InChI is InChI=1S/C22H21ClN2O4S/c1-4-28-15-10-9-14(19(12-15)29-5-2)11-16-20(26)24-22(30)25(21(16)27)18-8-6-7-17(23)13(18)3/h6-12H,4-5H2,1-3H3,(H,24,26,30)/b16-11+. The lowest BCUT2D eigenvalue weighted by Crippen LogP contribution is -2.54. The molecule has 0 aliphatic carbocycles. The van der Waals surface area contributed by atoms with Crippen molar-refractivity contribution >= 4 is 52.5 Å². The van der Waals surface area contributed by atoms with Crippen molar-refractivity contribution in [1.82, 2.24) is 5.32 Å². The van der Waals surface area contributed by atoms with Gasteiger partial charge in [0.05, 0.1) is 18.9 Å². The van der Waals surface area contributed by atoms with Crippen molar-refractivity contribution in [3.63, 3.8) is 0 Å². The Morgan fingerprint density at radius 2 is 1.87 bits per heavy atom. The number of halogens is 1. The summed E-state index contributed by atoms with van der Waals surface area (Å²) in [7, 11) is 0. The highest BCUT2D eigenvalue weighted by atomic mass is 35.5. The maximum absolute atomic E-state index is 13.3. The van der Waals surface area contributed by atoms with Gasteiger partial charge in [-0.15, -0.1) is 0 Å². The Morgan fingerprint density at radius 3 is 2.57 bits per heavy atom. The largest absolute Gasteiger partial charge is 0.494 e. The van der Waals surface area contributed by atoms with E-state index in [1.54, 1.807) is 43.3 Å². The molecule has 0 atom stereocenters. The number of carbonyl (C=O) groups is 2. The summed E-state index contributed by atoms with van der Waals surface area (Å²) >= 11 is 11.5. The smallest absolute Gasteiger partial charge is 0.270 e. The molecule has 156 valence electrons. The number of ether oxygens (including phenoxy) is 2. The van der Waals surface area contributed by atoms with Crippen LogP contribution in [0.1, 0.15) is 25.0 Å². The van der Waals surface area contributed by atoms with E-state index in [1.165, 1.54) is 11.0 Å². The van der Waals surface area contributed by atoms with Crippen LogP contribution in [0.25, 0.3) is 6.08 Å². The lowest BCUT2D eigenvalue weighted by molar-refractivity contribution is -0.122. The summed E-state index contributed by atoms with van der Waals surface area (Å²) in [5.41, 5.74) is 1.71. The Hall–Kier alpha value is -2.90. The Labute approximate surface area is 185 Å². The Bertz CT molecular complexity index is 1050. The molecule has 1 heterocycles. The number of carbonyl (C=O) groups excluding carboxylic acids is 2. The van der Waals surface area contributed by atoms with Crippen LogP contribution < -0.4 is 19.7 Å². The van der Waals surface area contributed by atoms with Crippen LogP contribution in [-0.2, 0) is 9.59 Å². The fraction of sp³-hybridized carbons (Fsp3) is 0.227. The molecule has 0 bridgehead atoms. The first kappa shape index (κ1) is 21.8. The number of nitrogens with one attached hydrogen (secondary N) is 1. The van der Waals surface area contributed by atoms with Crippen LogP contribution in [0.4, 0.5) is 5.69 Å². The van der Waals surface area contributed by atoms with Gasteiger partial charge in [0.15, 0.2) is 5.11 Å². The SMILES string of the molecule is CCOc1ccc(/C=C2\C(=O)NC(=S)N(c3cccc(Cl)c3C)C2=O)c(OCC)c1. The molecule has 0 aromatic heterocycles. The molecular formula is C22H21ClN2O4S. The van der Waals surface area contributed by atoms with Crippen molar-refractivity contribution in [1.29, 1.82) is 0 Å². The van der Waals surface area contributed by atoms with Crippen molar-refractivity contribution in [3.8, 4) is 11.5 Å². The second-order valence-electron chi connectivity index (χ2n) is 6.41. The maximum Gasteiger partial charge on any atom is 0.270 e. The molecule has 1 fully saturated rings. The average Bonchev–Trinajstić information content (AvgIpc) is 2.70. The topological polar surface area (TPSA) is 67.9 Å². The molecule has 2 aromatic rings. The molecule has 0 spiro atoms. The van der Waals surface area contributed by atoms with Crippen molar-refractivity contribution in [2.45, 2.75) is 20.8 Å². The minimum Gasteiger partial charge on any atom is -0.494 e. The van der Waals surface area contributed by atoms with Crippen LogP contribution in [0, 0.1) is 6.92 Å². The van der Waals surface area contributed by atoms with E-state index in [9.17, 15) is 9.59 Å². The predicted molar refractivity (Wildman–Crippen MR) is 121 cm³/mol. The average molecular weight is 445 g/mol. The van der Waals surface area contributed by atoms with Gasteiger partial charge in [0.25, 0.3) is 11.8 Å². The molecule has 0 saturated carbocycles. The van der Waals surface area contributed by atoms with Gasteiger partial charge in [-0.2, -0.15) is 0 Å². The van der Waals surface area contributed by atoms with E-state index < -0.39 is 11.8 Å². The van der Waals surface area contributed by atoms with Gasteiger partial charge in [-0.05, 0) is 68.9 Å². The Kier molecular flexibility index (Phi) is 6.74. The Morgan fingerprint density at radius 1 is 1.13 bits per heavy atom. The summed E-state index contributed by atoms with van der Waals surface area (Å²) in [5.74, 6) is 0.0396. The van der Waals surface area contributed by atoms with E-state index >= 15 is 0 Å². The minimum atomic E-state index is -0.572. The molecular weight excluding hydrogens is 424 g/mol. The lowest BCUT2D eigenvalue weighted by atomic mass is 10.0. The fourth-order valence-corrected chi connectivity index (χ4v) is 3.48. The van der Waals surface area contributed by atoms with E-state index in [2.05, 4.69) is 5.32 Å². The van der Waals surface area contributed by atoms with E-state index in [4.69, 9.17) is 33.3 Å². The lowest BCUT2D eigenvalue weighted by Gasteiger charge is -2.30. The molecule has 2 amide bonds. The summed E-state index contributed by atoms with van der Waals surface area (Å²) < 4.78 is 11.2. The zero-order valence-electron chi connectivity index (χ0n) is 16.8. The van der Waals surface area contributed by atoms with Gasteiger partial charge >= 0.3 is 0 Å². The van der Waals surface area contributed by atoms with Crippen LogP contribution >= 0.6 is 23.8 Å². The monoisotopic (exact) mass is 444 g/mol. The summed E-state index contributed by atoms with van der Waals surface area (Å²) in [6.07, 6.45) is 1.49. The zero-order chi connectivity index (χ0) is 21.8. The maximum atomic E-state index is 13.3. The number of amides is 2. The van der Waals surface area contributed by atoms with Gasteiger partial charge in [-0.25, -0.2) is 0 Å². The van der Waals surface area contributed by atoms with Crippen molar-refractivity contribution in [2.24, 2.45) is 0 Å². The number of hydrogen-bond donors (Lipinski definition) is 1. The molecule has 0 radical (unpaired) electrons. The van der Waals surface area contributed by atoms with E-state index in [0.29, 0.717) is 46.5 Å². The zero-order valence-corrected chi connectivity index (χ0v) is 18.4. The van der Waals surface area contributed by atoms with Gasteiger partial charge in [-0.1, -0.05) is 17.7 Å².